The number of unbranched alkanes of at least 4 members (excludes halogenated alkanes) is 3. The lowest BCUT2D eigenvalue weighted by atomic mass is 10.0. The Labute approximate surface area is 404 Å². The molecule has 6 N–H and O–H groups in total. The van der Waals surface area contributed by atoms with Crippen LogP contribution in [0.3, 0.4) is 0 Å². The SMILES string of the molecule is CN1CCN(C(=O)Oc2cc3c(c4ccccc24)C[C@@H](CCl)N3C(=O)c2cc3cc(NC(=O)c4ccc(NC(=O)[C@H](CCCCN)NC(=O)CCCCCN5C(=O)C=CC5=O)cc4)ccc3[nH]2)CC1. The Morgan fingerprint density at radius 1 is 0.826 bits per heavy atom. The summed E-state index contributed by atoms with van der Waals surface area (Å²) in [6.07, 6.45) is 6.17. The normalized spacial score (nSPS) is 16.3. The van der Waals surface area contributed by atoms with E-state index in [0.717, 1.165) is 29.4 Å². The quantitative estimate of drug-likeness (QED) is 0.0382. The Morgan fingerprint density at radius 2 is 1.55 bits per heavy atom. The third kappa shape index (κ3) is 11.3. The number of anilines is 3. The number of imide groups is 1. The molecule has 3 aliphatic heterocycles. The molecule has 360 valence electrons. The van der Waals surface area contributed by atoms with Crippen LogP contribution in [-0.4, -0.2) is 125 Å². The molecule has 4 heterocycles. The molecule has 69 heavy (non-hydrogen) atoms. The number of nitrogens with zero attached hydrogens (tertiary/aromatic N) is 4. The van der Waals surface area contributed by atoms with Crippen molar-refractivity contribution in [2.45, 2.75) is 63.5 Å². The van der Waals surface area contributed by atoms with Crippen molar-refractivity contribution in [2.24, 2.45) is 5.73 Å². The summed E-state index contributed by atoms with van der Waals surface area (Å²) in [5.74, 6) is -1.50. The number of hydrogen-bond acceptors (Lipinski definition) is 10. The van der Waals surface area contributed by atoms with Gasteiger partial charge in [0.2, 0.25) is 11.8 Å². The topological polar surface area (TPSA) is 220 Å². The van der Waals surface area contributed by atoms with Gasteiger partial charge >= 0.3 is 6.09 Å². The first-order valence-electron chi connectivity index (χ1n) is 23.4. The number of carbonyl (C=O) groups is 7. The Balaban J connectivity index is 0.888. The highest BCUT2D eigenvalue weighted by Crippen LogP contribution is 2.43. The molecule has 3 aliphatic rings. The molecule has 8 rings (SSSR count). The number of nitrogens with one attached hydrogen (secondary N) is 4. The fourth-order valence-corrected chi connectivity index (χ4v) is 9.22. The van der Waals surface area contributed by atoms with Crippen LogP contribution in [0.5, 0.6) is 5.75 Å². The summed E-state index contributed by atoms with van der Waals surface area (Å²) in [6.45, 7) is 3.35. The number of aromatic amines is 1. The Bertz CT molecular complexity index is 2780. The molecular formula is C51H56ClN9O8. The minimum Gasteiger partial charge on any atom is -0.409 e. The van der Waals surface area contributed by atoms with E-state index in [1.807, 2.05) is 31.3 Å². The van der Waals surface area contributed by atoms with Crippen molar-refractivity contribution < 1.29 is 38.3 Å². The zero-order valence-corrected chi connectivity index (χ0v) is 39.2. The number of rotatable bonds is 18. The fourth-order valence-electron chi connectivity index (χ4n) is 8.98. The van der Waals surface area contributed by atoms with Crippen LogP contribution in [0.2, 0.25) is 0 Å². The average Bonchev–Trinajstić information content (AvgIpc) is 4.05. The van der Waals surface area contributed by atoms with E-state index < -0.39 is 23.9 Å². The van der Waals surface area contributed by atoms with E-state index >= 15 is 0 Å². The van der Waals surface area contributed by atoms with Crippen LogP contribution in [0.1, 0.15) is 71.4 Å². The number of H-pyrrole nitrogens is 1. The van der Waals surface area contributed by atoms with E-state index in [1.54, 1.807) is 64.4 Å². The first kappa shape index (κ1) is 48.4. The van der Waals surface area contributed by atoms with Gasteiger partial charge in [-0.2, -0.15) is 0 Å². The van der Waals surface area contributed by atoms with Crippen LogP contribution >= 0.6 is 11.6 Å². The second-order valence-corrected chi connectivity index (χ2v) is 18.0. The molecule has 0 radical (unpaired) electrons. The van der Waals surface area contributed by atoms with Crippen molar-refractivity contribution in [1.29, 1.82) is 0 Å². The maximum atomic E-state index is 14.5. The highest BCUT2D eigenvalue weighted by atomic mass is 35.5. The summed E-state index contributed by atoms with van der Waals surface area (Å²) >= 11 is 6.54. The fraction of sp³-hybridized carbons (Fsp3) is 0.353. The molecule has 18 heteroatoms. The molecule has 0 saturated carbocycles. The predicted octanol–water partition coefficient (Wildman–Crippen LogP) is 6.17. The molecule has 4 aromatic carbocycles. The van der Waals surface area contributed by atoms with Crippen molar-refractivity contribution >= 4 is 91.9 Å². The Morgan fingerprint density at radius 3 is 2.28 bits per heavy atom. The molecule has 1 aromatic heterocycles. The summed E-state index contributed by atoms with van der Waals surface area (Å²) < 4.78 is 6.05. The van der Waals surface area contributed by atoms with Gasteiger partial charge in [0.25, 0.3) is 23.6 Å². The van der Waals surface area contributed by atoms with Gasteiger partial charge in [0.1, 0.15) is 17.5 Å². The van der Waals surface area contributed by atoms with Crippen LogP contribution in [0.4, 0.5) is 21.9 Å². The second-order valence-electron chi connectivity index (χ2n) is 17.6. The van der Waals surface area contributed by atoms with Crippen molar-refractivity contribution in [3.05, 3.63) is 108 Å². The zero-order valence-electron chi connectivity index (χ0n) is 38.4. The number of hydrogen-bond donors (Lipinski definition) is 5. The van der Waals surface area contributed by atoms with Gasteiger partial charge in [-0.1, -0.05) is 30.7 Å². The Hall–Kier alpha value is -7.08. The number of fused-ring (bicyclic) bond motifs is 4. The average molecular weight is 959 g/mol. The number of nitrogens with two attached hydrogens (primary N) is 1. The lowest BCUT2D eigenvalue weighted by molar-refractivity contribution is -0.137. The largest absolute Gasteiger partial charge is 0.415 e. The minimum absolute atomic E-state index is 0.181. The summed E-state index contributed by atoms with van der Waals surface area (Å²) in [4.78, 5) is 101. The number of alkyl halides is 1. The molecule has 0 bridgehead atoms. The van der Waals surface area contributed by atoms with Crippen LogP contribution in [0.25, 0.3) is 21.7 Å². The molecule has 0 unspecified atom stereocenters. The molecule has 0 spiro atoms. The van der Waals surface area contributed by atoms with Gasteiger partial charge in [0, 0.05) is 96.5 Å². The van der Waals surface area contributed by atoms with Crippen molar-refractivity contribution in [3.8, 4) is 5.75 Å². The zero-order chi connectivity index (χ0) is 48.6. The van der Waals surface area contributed by atoms with E-state index in [1.165, 1.54) is 17.1 Å². The van der Waals surface area contributed by atoms with Gasteiger partial charge in [0.15, 0.2) is 0 Å². The first-order valence-corrected chi connectivity index (χ1v) is 23.9. The third-order valence-corrected chi connectivity index (χ3v) is 13.2. The highest BCUT2D eigenvalue weighted by molar-refractivity contribution is 6.20. The lowest BCUT2D eigenvalue weighted by Gasteiger charge is -2.31. The maximum absolute atomic E-state index is 14.5. The van der Waals surface area contributed by atoms with Crippen molar-refractivity contribution in [2.75, 3.05) is 67.7 Å². The number of amides is 7. The Kier molecular flexibility index (Phi) is 15.4. The number of piperazine rings is 1. The first-order chi connectivity index (χ1) is 33.4. The number of ether oxygens (including phenoxy) is 1. The van der Waals surface area contributed by atoms with Gasteiger partial charge in [-0.05, 0) is 112 Å². The summed E-state index contributed by atoms with van der Waals surface area (Å²) in [6, 6.07) is 21.7. The number of likely N-dealkylation sites (N-methyl/N-ethyl adjacent to an activating group) is 1. The highest BCUT2D eigenvalue weighted by Gasteiger charge is 2.37. The molecule has 17 nitrogen and oxygen atoms in total. The summed E-state index contributed by atoms with van der Waals surface area (Å²) in [5, 5.41) is 10.9. The smallest absolute Gasteiger partial charge is 0.409 e. The monoisotopic (exact) mass is 957 g/mol. The van der Waals surface area contributed by atoms with Crippen LogP contribution < -0.4 is 31.3 Å². The number of benzene rings is 4. The molecule has 7 amide bonds. The van der Waals surface area contributed by atoms with Gasteiger partial charge in [-0.15, -0.1) is 11.6 Å². The second kappa shape index (κ2) is 21.9. The molecule has 2 atom stereocenters. The van der Waals surface area contributed by atoms with Gasteiger partial charge in [-0.25, -0.2) is 4.79 Å². The van der Waals surface area contributed by atoms with Gasteiger partial charge < -0.3 is 46.1 Å². The van der Waals surface area contributed by atoms with Crippen LogP contribution in [0.15, 0.2) is 91.0 Å². The third-order valence-electron chi connectivity index (χ3n) is 12.8. The van der Waals surface area contributed by atoms with E-state index in [2.05, 4.69) is 25.8 Å². The van der Waals surface area contributed by atoms with Crippen molar-refractivity contribution in [1.82, 2.24) is 25.0 Å². The van der Waals surface area contributed by atoms with E-state index in [9.17, 15) is 33.6 Å². The number of aromatic nitrogens is 1. The van der Waals surface area contributed by atoms with Crippen LogP contribution in [-0.2, 0) is 25.6 Å². The molecular weight excluding hydrogens is 902 g/mol. The van der Waals surface area contributed by atoms with Gasteiger partial charge in [0.05, 0.1) is 11.7 Å². The molecule has 1 fully saturated rings. The molecule has 1 saturated heterocycles. The maximum Gasteiger partial charge on any atom is 0.415 e. The van der Waals surface area contributed by atoms with Crippen LogP contribution in [0, 0.1) is 0 Å². The van der Waals surface area contributed by atoms with Gasteiger partial charge in [-0.3, -0.25) is 33.7 Å². The van der Waals surface area contributed by atoms with E-state index in [-0.39, 0.29) is 48.5 Å². The minimum atomic E-state index is -0.804. The molecule has 0 aliphatic carbocycles. The standard InChI is InChI=1S/C51H56ClN9O8/c1-58-23-25-59(26-24-58)51(68)69-44-30-43-39(37-9-4-5-10-38(37)44)29-36(31-52)61(43)50(67)42-28-33-27-35(17-18-40(33)56-42)55-48(65)32-13-15-34(16-14-32)54-49(66)41(11-6-7-21-53)57-45(62)12-3-2-8-22-60-46(63)19-20-47(60)64/h4-5,9-10,13-20,27-28,30,36,41,56H,2-3,6-8,11-12,21-26,29,31,53H2,1H3,(H,54,66)(H,55,65)(H,57,62)/t36-,41-/m0/s1. The van der Waals surface area contributed by atoms with E-state index in [0.29, 0.717) is 110 Å². The summed E-state index contributed by atoms with van der Waals surface area (Å²) in [7, 11) is 2.02. The van der Waals surface area contributed by atoms with E-state index in [4.69, 9.17) is 22.1 Å². The number of carbonyl (C=O) groups excluding carboxylic acids is 7. The molecule has 5 aromatic rings. The van der Waals surface area contributed by atoms with Crippen molar-refractivity contribution in [3.63, 3.8) is 0 Å². The predicted molar refractivity (Wildman–Crippen MR) is 265 cm³/mol. The lowest BCUT2D eigenvalue weighted by Crippen LogP contribution is -2.48. The number of halogens is 1. The summed E-state index contributed by atoms with van der Waals surface area (Å²) in [5.41, 5.74) is 9.52.